The second kappa shape index (κ2) is 5.84. The topological polar surface area (TPSA) is 48.0 Å². The number of halogens is 2. The van der Waals surface area contributed by atoms with E-state index in [2.05, 4.69) is 15.9 Å². The van der Waals surface area contributed by atoms with Crippen LogP contribution in [0.15, 0.2) is 33.7 Å². The van der Waals surface area contributed by atoms with Crippen LogP contribution < -0.4 is 11.3 Å². The maximum absolute atomic E-state index is 13.9. The molecule has 0 fully saturated rings. The van der Waals surface area contributed by atoms with Gasteiger partial charge in [-0.05, 0) is 43.4 Å². The van der Waals surface area contributed by atoms with E-state index in [4.69, 9.17) is 5.73 Å². The summed E-state index contributed by atoms with van der Waals surface area (Å²) in [5, 5.41) is 0.756. The van der Waals surface area contributed by atoms with Crippen LogP contribution in [0.25, 0.3) is 10.8 Å². The second-order valence-electron chi connectivity index (χ2n) is 4.79. The maximum Gasteiger partial charge on any atom is 0.261 e. The van der Waals surface area contributed by atoms with Crippen molar-refractivity contribution in [3.63, 3.8) is 0 Å². The summed E-state index contributed by atoms with van der Waals surface area (Å²) in [5.41, 5.74) is 5.39. The number of nitrogens with zero attached hydrogens (tertiary/aromatic N) is 1. The summed E-state index contributed by atoms with van der Waals surface area (Å²) >= 11 is 3.22. The quantitative estimate of drug-likeness (QED) is 0.938. The lowest BCUT2D eigenvalue weighted by molar-refractivity contribution is 0.549. The van der Waals surface area contributed by atoms with E-state index in [1.807, 2.05) is 6.92 Å². The van der Waals surface area contributed by atoms with Crippen molar-refractivity contribution in [1.29, 1.82) is 0 Å². The number of aromatic nitrogens is 1. The average Bonchev–Trinajstić information content (AvgIpc) is 2.30. The number of benzene rings is 1. The van der Waals surface area contributed by atoms with Crippen LogP contribution in [0.1, 0.15) is 19.8 Å². The summed E-state index contributed by atoms with van der Waals surface area (Å²) in [6, 6.07) is 4.93. The minimum atomic E-state index is -0.490. The van der Waals surface area contributed by atoms with Crippen molar-refractivity contribution in [2.24, 2.45) is 5.73 Å². The molecule has 102 valence electrons. The molecule has 0 radical (unpaired) electrons. The van der Waals surface area contributed by atoms with Gasteiger partial charge in [-0.15, -0.1) is 0 Å². The standard InChI is InChI=1S/C14H16BrFN2O/c1-9(17)3-2-5-18-6-4-10-7-11(15)8-12(16)13(10)14(18)19/h4,6-9H,2-3,5,17H2,1H3/t9-/m0/s1. The van der Waals surface area contributed by atoms with Gasteiger partial charge in [0, 0.05) is 23.3 Å². The molecular weight excluding hydrogens is 311 g/mol. The summed E-state index contributed by atoms with van der Waals surface area (Å²) in [6.07, 6.45) is 3.35. The first-order valence-corrected chi connectivity index (χ1v) is 7.02. The number of hydrogen-bond acceptors (Lipinski definition) is 2. The molecule has 0 aliphatic heterocycles. The molecule has 0 saturated carbocycles. The Labute approximate surface area is 119 Å². The van der Waals surface area contributed by atoms with E-state index in [0.717, 1.165) is 12.8 Å². The Kier molecular flexibility index (Phi) is 4.37. The number of rotatable bonds is 4. The van der Waals surface area contributed by atoms with Crippen molar-refractivity contribution < 1.29 is 4.39 Å². The zero-order valence-electron chi connectivity index (χ0n) is 10.7. The van der Waals surface area contributed by atoms with E-state index in [-0.39, 0.29) is 17.0 Å². The Morgan fingerprint density at radius 3 is 2.89 bits per heavy atom. The molecule has 2 aromatic rings. The Morgan fingerprint density at radius 2 is 2.21 bits per heavy atom. The Bertz CT molecular complexity index is 652. The first kappa shape index (κ1) is 14.2. The molecule has 0 aliphatic rings. The second-order valence-corrected chi connectivity index (χ2v) is 5.70. The molecule has 2 rings (SSSR count). The number of hydrogen-bond donors (Lipinski definition) is 1. The highest BCUT2D eigenvalue weighted by Crippen LogP contribution is 2.20. The van der Waals surface area contributed by atoms with Crippen LogP contribution >= 0.6 is 15.9 Å². The molecule has 1 aromatic carbocycles. The molecule has 0 saturated heterocycles. The van der Waals surface area contributed by atoms with Crippen molar-refractivity contribution in [1.82, 2.24) is 4.57 Å². The minimum absolute atomic E-state index is 0.115. The molecular formula is C14H16BrFN2O. The lowest BCUT2D eigenvalue weighted by atomic mass is 10.1. The largest absolute Gasteiger partial charge is 0.328 e. The van der Waals surface area contributed by atoms with Crippen LogP contribution in [0.5, 0.6) is 0 Å². The van der Waals surface area contributed by atoms with Crippen LogP contribution in [0.4, 0.5) is 4.39 Å². The monoisotopic (exact) mass is 326 g/mol. The normalized spacial score (nSPS) is 12.8. The highest BCUT2D eigenvalue weighted by Gasteiger charge is 2.09. The molecule has 0 amide bonds. The van der Waals surface area contributed by atoms with E-state index in [1.165, 1.54) is 6.07 Å². The molecule has 5 heteroatoms. The zero-order valence-corrected chi connectivity index (χ0v) is 12.3. The van der Waals surface area contributed by atoms with Crippen molar-refractivity contribution >= 4 is 26.7 Å². The highest BCUT2D eigenvalue weighted by molar-refractivity contribution is 9.10. The smallest absolute Gasteiger partial charge is 0.261 e. The van der Waals surface area contributed by atoms with Crippen LogP contribution in [0.3, 0.4) is 0 Å². The van der Waals surface area contributed by atoms with Crippen molar-refractivity contribution in [2.45, 2.75) is 32.4 Å². The van der Waals surface area contributed by atoms with Crippen molar-refractivity contribution in [3.8, 4) is 0 Å². The molecule has 0 unspecified atom stereocenters. The fraction of sp³-hybridized carbons (Fsp3) is 0.357. The number of fused-ring (bicyclic) bond motifs is 1. The van der Waals surface area contributed by atoms with E-state index in [1.54, 1.807) is 22.9 Å². The molecule has 2 N–H and O–H groups in total. The predicted molar refractivity (Wildman–Crippen MR) is 78.7 cm³/mol. The van der Waals surface area contributed by atoms with Gasteiger partial charge >= 0.3 is 0 Å². The van der Waals surface area contributed by atoms with Gasteiger partial charge in [0.15, 0.2) is 0 Å². The molecule has 0 bridgehead atoms. The Hall–Kier alpha value is -1.20. The van der Waals surface area contributed by atoms with Crippen molar-refractivity contribution in [3.05, 3.63) is 45.0 Å². The third-order valence-corrected chi connectivity index (χ3v) is 3.51. The van der Waals surface area contributed by atoms with Crippen LogP contribution in [0.2, 0.25) is 0 Å². The predicted octanol–water partition coefficient (Wildman–Crippen LogP) is 3.03. The Morgan fingerprint density at radius 1 is 1.47 bits per heavy atom. The fourth-order valence-corrected chi connectivity index (χ4v) is 2.54. The number of aryl methyl sites for hydroxylation is 1. The summed E-state index contributed by atoms with van der Waals surface area (Å²) in [4.78, 5) is 12.2. The summed E-state index contributed by atoms with van der Waals surface area (Å²) in [6.45, 7) is 2.49. The summed E-state index contributed by atoms with van der Waals surface area (Å²) in [7, 11) is 0. The van der Waals surface area contributed by atoms with Gasteiger partial charge in [-0.3, -0.25) is 4.79 Å². The molecule has 0 spiro atoms. The van der Waals surface area contributed by atoms with Crippen LogP contribution in [-0.4, -0.2) is 10.6 Å². The molecule has 0 aliphatic carbocycles. The van der Waals surface area contributed by atoms with E-state index < -0.39 is 5.82 Å². The van der Waals surface area contributed by atoms with Gasteiger partial charge in [0.1, 0.15) is 5.82 Å². The number of pyridine rings is 1. The van der Waals surface area contributed by atoms with Gasteiger partial charge in [-0.1, -0.05) is 15.9 Å². The van der Waals surface area contributed by atoms with Gasteiger partial charge in [0.05, 0.1) is 5.39 Å². The van der Waals surface area contributed by atoms with E-state index >= 15 is 0 Å². The lowest BCUT2D eigenvalue weighted by Gasteiger charge is -2.09. The number of nitrogens with two attached hydrogens (primary N) is 1. The third kappa shape index (κ3) is 3.22. The van der Waals surface area contributed by atoms with E-state index in [9.17, 15) is 9.18 Å². The summed E-state index contributed by atoms with van der Waals surface area (Å²) in [5.74, 6) is -0.490. The molecule has 1 atom stereocenters. The highest BCUT2D eigenvalue weighted by atomic mass is 79.9. The van der Waals surface area contributed by atoms with Gasteiger partial charge in [0.2, 0.25) is 0 Å². The van der Waals surface area contributed by atoms with Crippen molar-refractivity contribution in [2.75, 3.05) is 0 Å². The zero-order chi connectivity index (χ0) is 14.0. The molecule has 1 aromatic heterocycles. The minimum Gasteiger partial charge on any atom is -0.328 e. The molecule has 19 heavy (non-hydrogen) atoms. The SMILES string of the molecule is C[C@H](N)CCCn1ccc2cc(Br)cc(F)c2c1=O. The average molecular weight is 327 g/mol. The third-order valence-electron chi connectivity index (χ3n) is 3.05. The fourth-order valence-electron chi connectivity index (χ4n) is 2.09. The van der Waals surface area contributed by atoms with Gasteiger partial charge in [-0.25, -0.2) is 4.39 Å². The summed E-state index contributed by atoms with van der Waals surface area (Å²) < 4.78 is 16.0. The van der Waals surface area contributed by atoms with Crippen LogP contribution in [0, 0.1) is 5.82 Å². The first-order valence-electron chi connectivity index (χ1n) is 6.23. The maximum atomic E-state index is 13.9. The van der Waals surface area contributed by atoms with Gasteiger partial charge in [-0.2, -0.15) is 0 Å². The van der Waals surface area contributed by atoms with Gasteiger partial charge in [0.25, 0.3) is 5.56 Å². The van der Waals surface area contributed by atoms with Crippen LogP contribution in [-0.2, 0) is 6.54 Å². The lowest BCUT2D eigenvalue weighted by Crippen LogP contribution is -2.22. The van der Waals surface area contributed by atoms with E-state index in [0.29, 0.717) is 16.4 Å². The Balaban J connectivity index is 2.38. The molecule has 3 nitrogen and oxygen atoms in total. The molecule has 1 heterocycles. The van der Waals surface area contributed by atoms with Gasteiger partial charge < -0.3 is 10.3 Å². The first-order chi connectivity index (χ1) is 8.99.